The molecule has 0 bridgehead atoms. The third kappa shape index (κ3) is 3.36. The van der Waals surface area contributed by atoms with E-state index in [4.69, 9.17) is 4.74 Å². The number of aliphatic hydroxyl groups excluding tert-OH is 1. The van der Waals surface area contributed by atoms with Crippen LogP contribution in [0.4, 0.5) is 0 Å². The van der Waals surface area contributed by atoms with Crippen LogP contribution in [0, 0.1) is 13.8 Å². The summed E-state index contributed by atoms with van der Waals surface area (Å²) in [4.78, 5) is 0. The van der Waals surface area contributed by atoms with Crippen LogP contribution in [0.15, 0.2) is 42.5 Å². The van der Waals surface area contributed by atoms with Gasteiger partial charge in [0.2, 0.25) is 0 Å². The molecule has 0 aromatic heterocycles. The summed E-state index contributed by atoms with van der Waals surface area (Å²) in [7, 11) is 1.65. The Morgan fingerprint density at radius 1 is 1.05 bits per heavy atom. The molecule has 2 aromatic rings. The van der Waals surface area contributed by atoms with Crippen molar-refractivity contribution in [1.29, 1.82) is 0 Å². The summed E-state index contributed by atoms with van der Waals surface area (Å²) < 4.78 is 5.13. The van der Waals surface area contributed by atoms with E-state index >= 15 is 0 Å². The second-order valence-corrected chi connectivity index (χ2v) is 4.93. The molecule has 19 heavy (non-hydrogen) atoms. The van der Waals surface area contributed by atoms with E-state index in [1.54, 1.807) is 7.11 Å². The minimum absolute atomic E-state index is 0.464. The Labute approximate surface area is 114 Å². The third-order valence-corrected chi connectivity index (χ3v) is 3.37. The Morgan fingerprint density at radius 3 is 2.32 bits per heavy atom. The van der Waals surface area contributed by atoms with E-state index in [9.17, 15) is 5.11 Å². The standard InChI is InChI=1S/C17H20O2/c1-12-4-9-16(13(2)10-12)17(18)11-14-5-7-15(19-3)8-6-14/h4-10,17-18H,11H2,1-3H3. The van der Waals surface area contributed by atoms with Crippen LogP contribution in [0.3, 0.4) is 0 Å². The SMILES string of the molecule is COc1ccc(CC(O)c2ccc(C)cc2C)cc1. The summed E-state index contributed by atoms with van der Waals surface area (Å²) in [5.41, 5.74) is 4.47. The average Bonchev–Trinajstić information content (AvgIpc) is 2.39. The predicted octanol–water partition coefficient (Wildman–Crippen LogP) is 3.59. The molecule has 0 saturated carbocycles. The Morgan fingerprint density at radius 2 is 1.74 bits per heavy atom. The fourth-order valence-electron chi connectivity index (χ4n) is 2.29. The topological polar surface area (TPSA) is 29.5 Å². The smallest absolute Gasteiger partial charge is 0.118 e. The van der Waals surface area contributed by atoms with Crippen molar-refractivity contribution in [3.8, 4) is 5.75 Å². The second-order valence-electron chi connectivity index (χ2n) is 4.93. The van der Waals surface area contributed by atoms with Gasteiger partial charge in [-0.05, 0) is 42.7 Å². The van der Waals surface area contributed by atoms with Crippen LogP contribution in [0.5, 0.6) is 5.75 Å². The van der Waals surface area contributed by atoms with Crippen molar-refractivity contribution in [3.05, 3.63) is 64.7 Å². The van der Waals surface area contributed by atoms with Crippen molar-refractivity contribution in [1.82, 2.24) is 0 Å². The molecule has 0 spiro atoms. The zero-order valence-electron chi connectivity index (χ0n) is 11.7. The van der Waals surface area contributed by atoms with Crippen molar-refractivity contribution in [3.63, 3.8) is 0 Å². The maximum atomic E-state index is 10.3. The summed E-state index contributed by atoms with van der Waals surface area (Å²) in [6, 6.07) is 14.0. The van der Waals surface area contributed by atoms with Gasteiger partial charge in [-0.15, -0.1) is 0 Å². The first-order chi connectivity index (χ1) is 9.10. The lowest BCUT2D eigenvalue weighted by Crippen LogP contribution is -2.04. The third-order valence-electron chi connectivity index (χ3n) is 3.37. The summed E-state index contributed by atoms with van der Waals surface area (Å²) in [6.07, 6.45) is 0.155. The van der Waals surface area contributed by atoms with Crippen LogP contribution in [-0.2, 0) is 6.42 Å². The Kier molecular flexibility index (Phi) is 4.23. The van der Waals surface area contributed by atoms with Gasteiger partial charge in [-0.2, -0.15) is 0 Å². The summed E-state index contributed by atoms with van der Waals surface area (Å²) in [5, 5.41) is 10.3. The molecule has 0 aliphatic heterocycles. The molecule has 2 heteroatoms. The van der Waals surface area contributed by atoms with Crippen LogP contribution < -0.4 is 4.74 Å². The first-order valence-electron chi connectivity index (χ1n) is 6.48. The molecule has 0 aliphatic rings. The monoisotopic (exact) mass is 256 g/mol. The van der Waals surface area contributed by atoms with E-state index in [-0.39, 0.29) is 0 Å². The number of rotatable bonds is 4. The maximum Gasteiger partial charge on any atom is 0.118 e. The van der Waals surface area contributed by atoms with Crippen molar-refractivity contribution < 1.29 is 9.84 Å². The van der Waals surface area contributed by atoms with Crippen molar-refractivity contribution in [2.75, 3.05) is 7.11 Å². The molecule has 100 valence electrons. The number of aliphatic hydroxyl groups is 1. The number of ether oxygens (including phenoxy) is 1. The van der Waals surface area contributed by atoms with Gasteiger partial charge in [-0.1, -0.05) is 35.9 Å². The van der Waals surface area contributed by atoms with Gasteiger partial charge in [0.05, 0.1) is 13.2 Å². The normalized spacial score (nSPS) is 12.2. The van der Waals surface area contributed by atoms with E-state index in [0.717, 1.165) is 22.4 Å². The molecule has 0 radical (unpaired) electrons. The average molecular weight is 256 g/mol. The minimum Gasteiger partial charge on any atom is -0.497 e. The molecule has 1 unspecified atom stereocenters. The second kappa shape index (κ2) is 5.89. The van der Waals surface area contributed by atoms with Gasteiger partial charge in [0.15, 0.2) is 0 Å². The largest absolute Gasteiger partial charge is 0.497 e. The van der Waals surface area contributed by atoms with E-state index in [2.05, 4.69) is 13.0 Å². The molecular weight excluding hydrogens is 236 g/mol. The van der Waals surface area contributed by atoms with Gasteiger partial charge < -0.3 is 9.84 Å². The van der Waals surface area contributed by atoms with E-state index in [1.807, 2.05) is 43.3 Å². The van der Waals surface area contributed by atoms with Crippen molar-refractivity contribution in [2.24, 2.45) is 0 Å². The molecule has 2 nitrogen and oxygen atoms in total. The Hall–Kier alpha value is -1.80. The van der Waals surface area contributed by atoms with Gasteiger partial charge in [-0.25, -0.2) is 0 Å². The lowest BCUT2D eigenvalue weighted by Gasteiger charge is -2.14. The molecule has 0 fully saturated rings. The number of methoxy groups -OCH3 is 1. The lowest BCUT2D eigenvalue weighted by atomic mass is 9.96. The highest BCUT2D eigenvalue weighted by atomic mass is 16.5. The van der Waals surface area contributed by atoms with Crippen molar-refractivity contribution >= 4 is 0 Å². The van der Waals surface area contributed by atoms with Crippen LogP contribution in [0.2, 0.25) is 0 Å². The fourth-order valence-corrected chi connectivity index (χ4v) is 2.29. The van der Waals surface area contributed by atoms with E-state index < -0.39 is 6.10 Å². The Balaban J connectivity index is 2.13. The number of hydrogen-bond acceptors (Lipinski definition) is 2. The van der Waals surface area contributed by atoms with E-state index in [1.165, 1.54) is 5.56 Å². The molecule has 0 heterocycles. The van der Waals surface area contributed by atoms with Crippen molar-refractivity contribution in [2.45, 2.75) is 26.4 Å². The predicted molar refractivity (Wildman–Crippen MR) is 77.6 cm³/mol. The number of aryl methyl sites for hydroxylation is 2. The first-order valence-corrected chi connectivity index (χ1v) is 6.48. The molecule has 2 aromatic carbocycles. The highest BCUT2D eigenvalue weighted by Gasteiger charge is 2.11. The molecule has 1 N–H and O–H groups in total. The summed E-state index contributed by atoms with van der Waals surface area (Å²) >= 11 is 0. The minimum atomic E-state index is -0.464. The zero-order valence-corrected chi connectivity index (χ0v) is 11.7. The zero-order chi connectivity index (χ0) is 13.8. The summed E-state index contributed by atoms with van der Waals surface area (Å²) in [6.45, 7) is 4.10. The molecule has 2 rings (SSSR count). The highest BCUT2D eigenvalue weighted by Crippen LogP contribution is 2.23. The van der Waals surface area contributed by atoms with Crippen LogP contribution in [-0.4, -0.2) is 12.2 Å². The van der Waals surface area contributed by atoms with Crippen LogP contribution >= 0.6 is 0 Å². The van der Waals surface area contributed by atoms with Gasteiger partial charge in [0, 0.05) is 6.42 Å². The quantitative estimate of drug-likeness (QED) is 0.906. The van der Waals surface area contributed by atoms with Crippen LogP contribution in [0.25, 0.3) is 0 Å². The molecule has 0 saturated heterocycles. The van der Waals surface area contributed by atoms with Gasteiger partial charge in [-0.3, -0.25) is 0 Å². The molecular formula is C17H20O2. The van der Waals surface area contributed by atoms with Gasteiger partial charge in [0.25, 0.3) is 0 Å². The highest BCUT2D eigenvalue weighted by molar-refractivity contribution is 5.34. The van der Waals surface area contributed by atoms with Gasteiger partial charge in [0.1, 0.15) is 5.75 Å². The van der Waals surface area contributed by atoms with E-state index in [0.29, 0.717) is 6.42 Å². The van der Waals surface area contributed by atoms with Gasteiger partial charge >= 0.3 is 0 Å². The van der Waals surface area contributed by atoms with Crippen LogP contribution in [0.1, 0.15) is 28.4 Å². The maximum absolute atomic E-state index is 10.3. The molecule has 0 aliphatic carbocycles. The molecule has 1 atom stereocenters. The summed E-state index contributed by atoms with van der Waals surface area (Å²) in [5.74, 6) is 0.838. The lowest BCUT2D eigenvalue weighted by molar-refractivity contribution is 0.177. The Bertz CT molecular complexity index is 544. The number of hydrogen-bond donors (Lipinski definition) is 1. The first kappa shape index (κ1) is 13.6. The molecule has 0 amide bonds. The number of benzene rings is 2. The fraction of sp³-hybridized carbons (Fsp3) is 0.294.